The topological polar surface area (TPSA) is 85.4 Å². The zero-order valence-electron chi connectivity index (χ0n) is 14.3. The van der Waals surface area contributed by atoms with Gasteiger partial charge >= 0.3 is 0 Å². The third-order valence-corrected chi connectivity index (χ3v) is 5.68. The second-order valence-corrected chi connectivity index (χ2v) is 8.20. The Hall–Kier alpha value is -2.12. The number of carbonyl (C=O) groups excluding carboxylic acids is 1. The molecule has 1 aliphatic rings. The van der Waals surface area contributed by atoms with E-state index < -0.39 is 10.0 Å². The summed E-state index contributed by atoms with van der Waals surface area (Å²) in [6.07, 6.45) is 4.31. The van der Waals surface area contributed by atoms with Crippen LogP contribution < -0.4 is 5.14 Å². The Morgan fingerprint density at radius 3 is 2.40 bits per heavy atom. The Balaban J connectivity index is 1.63. The van der Waals surface area contributed by atoms with E-state index >= 15 is 0 Å². The van der Waals surface area contributed by atoms with Crippen molar-refractivity contribution in [2.24, 2.45) is 18.1 Å². The number of rotatable bonds is 4. The highest BCUT2D eigenvalue weighted by atomic mass is 32.2. The monoisotopic (exact) mass is 361 g/mol. The van der Waals surface area contributed by atoms with E-state index in [9.17, 15) is 13.2 Å². The molecule has 2 N–H and O–H groups in total. The second-order valence-electron chi connectivity index (χ2n) is 6.64. The molecule has 1 aromatic carbocycles. The Labute approximate surface area is 148 Å². The molecule has 1 aliphatic heterocycles. The molecule has 0 aliphatic carbocycles. The van der Waals surface area contributed by atoms with Gasteiger partial charge in [0, 0.05) is 26.3 Å². The van der Waals surface area contributed by atoms with E-state index in [2.05, 4.69) is 12.1 Å². The van der Waals surface area contributed by atoms with Gasteiger partial charge in [-0.3, -0.25) is 4.79 Å². The number of hydrogen-bond acceptors (Lipinski definition) is 3. The summed E-state index contributed by atoms with van der Waals surface area (Å²) < 4.78 is 24.4. The maximum atomic E-state index is 12.7. The first kappa shape index (κ1) is 17.7. The predicted molar refractivity (Wildman–Crippen MR) is 95.6 cm³/mol. The Kier molecular flexibility index (Phi) is 4.96. The zero-order chi connectivity index (χ0) is 18.0. The summed E-state index contributed by atoms with van der Waals surface area (Å²) >= 11 is 0. The Morgan fingerprint density at radius 2 is 1.84 bits per heavy atom. The summed E-state index contributed by atoms with van der Waals surface area (Å²) in [5, 5.41) is 5.14. The Morgan fingerprint density at radius 1 is 1.20 bits per heavy atom. The Bertz CT molecular complexity index is 851. The molecule has 1 amide bonds. The number of amides is 1. The predicted octanol–water partition coefficient (Wildman–Crippen LogP) is 1.77. The van der Waals surface area contributed by atoms with E-state index in [0.717, 1.165) is 19.3 Å². The summed E-state index contributed by atoms with van der Waals surface area (Å²) in [5.74, 6) is 0.426. The number of nitrogens with two attached hydrogens (primary N) is 1. The lowest BCUT2D eigenvalue weighted by Gasteiger charge is -2.32. The lowest BCUT2D eigenvalue weighted by Crippen LogP contribution is -2.39. The van der Waals surface area contributed by atoms with E-state index in [4.69, 9.17) is 5.14 Å². The largest absolute Gasteiger partial charge is 0.345 e. The normalized spacial score (nSPS) is 16.2. The van der Waals surface area contributed by atoms with Gasteiger partial charge in [-0.15, -0.1) is 0 Å². The van der Waals surface area contributed by atoms with Gasteiger partial charge in [0.1, 0.15) is 10.6 Å². The van der Waals surface area contributed by atoms with Gasteiger partial charge in [0.15, 0.2) is 0 Å². The van der Waals surface area contributed by atoms with Crippen LogP contribution in [0.1, 0.15) is 28.9 Å². The first-order valence-electron chi connectivity index (χ1n) is 8.37. The molecule has 0 spiro atoms. The standard InChI is InChI=1S/C18H23N3O3S/c1-20-13-16(25(19,23)24)12-17(20)18(22)21-9-7-15(8-10-21)11-14-5-3-2-4-6-14/h2-6,12-13,15H,7-11H2,1H3,(H2,19,23,24). The summed E-state index contributed by atoms with van der Waals surface area (Å²) in [4.78, 5) is 14.5. The molecule has 2 heterocycles. The molecule has 0 unspecified atom stereocenters. The van der Waals surface area contributed by atoms with E-state index in [0.29, 0.717) is 24.7 Å². The first-order chi connectivity index (χ1) is 11.8. The van der Waals surface area contributed by atoms with E-state index in [1.54, 1.807) is 11.9 Å². The summed E-state index contributed by atoms with van der Waals surface area (Å²) in [6, 6.07) is 11.7. The van der Waals surface area contributed by atoms with Crippen LogP contribution >= 0.6 is 0 Å². The van der Waals surface area contributed by atoms with Gasteiger partial charge in [-0.05, 0) is 36.8 Å². The van der Waals surface area contributed by atoms with Crippen molar-refractivity contribution in [3.63, 3.8) is 0 Å². The number of primary sulfonamides is 1. The van der Waals surface area contributed by atoms with Crippen LogP contribution in [0, 0.1) is 5.92 Å². The number of aromatic nitrogens is 1. The van der Waals surface area contributed by atoms with Gasteiger partial charge in [-0.2, -0.15) is 0 Å². The van der Waals surface area contributed by atoms with Crippen molar-refractivity contribution in [2.75, 3.05) is 13.1 Å². The number of nitrogens with zero attached hydrogens (tertiary/aromatic N) is 2. The van der Waals surface area contributed by atoms with E-state index in [1.165, 1.54) is 22.4 Å². The molecular weight excluding hydrogens is 338 g/mol. The van der Waals surface area contributed by atoms with Crippen molar-refractivity contribution < 1.29 is 13.2 Å². The molecule has 1 fully saturated rings. The second kappa shape index (κ2) is 7.01. The van der Waals surface area contributed by atoms with Crippen molar-refractivity contribution in [1.82, 2.24) is 9.47 Å². The van der Waals surface area contributed by atoms with Crippen molar-refractivity contribution >= 4 is 15.9 Å². The molecule has 25 heavy (non-hydrogen) atoms. The number of aryl methyl sites for hydroxylation is 1. The van der Waals surface area contributed by atoms with Crippen LogP contribution in [-0.4, -0.2) is 36.9 Å². The van der Waals surface area contributed by atoms with Crippen molar-refractivity contribution in [2.45, 2.75) is 24.2 Å². The molecule has 0 saturated carbocycles. The van der Waals surface area contributed by atoms with Gasteiger partial charge in [-0.25, -0.2) is 13.6 Å². The zero-order valence-corrected chi connectivity index (χ0v) is 15.1. The maximum absolute atomic E-state index is 12.7. The van der Waals surface area contributed by atoms with Crippen LogP contribution in [-0.2, 0) is 23.5 Å². The van der Waals surface area contributed by atoms with Crippen LogP contribution in [0.5, 0.6) is 0 Å². The van der Waals surface area contributed by atoms with Gasteiger partial charge < -0.3 is 9.47 Å². The average molecular weight is 361 g/mol. The smallest absolute Gasteiger partial charge is 0.270 e. The minimum atomic E-state index is -3.80. The van der Waals surface area contributed by atoms with Crippen molar-refractivity contribution in [1.29, 1.82) is 0 Å². The highest BCUT2D eigenvalue weighted by Gasteiger charge is 2.26. The van der Waals surface area contributed by atoms with Gasteiger partial charge in [0.25, 0.3) is 5.91 Å². The maximum Gasteiger partial charge on any atom is 0.270 e. The van der Waals surface area contributed by atoms with E-state index in [-0.39, 0.29) is 10.8 Å². The summed E-state index contributed by atoms with van der Waals surface area (Å²) in [5.41, 5.74) is 1.68. The summed E-state index contributed by atoms with van der Waals surface area (Å²) in [7, 11) is -2.15. The van der Waals surface area contributed by atoms with Crippen molar-refractivity contribution in [3.05, 3.63) is 53.9 Å². The third-order valence-electron chi connectivity index (χ3n) is 4.80. The van der Waals surface area contributed by atoms with Crippen LogP contribution in [0.4, 0.5) is 0 Å². The van der Waals surface area contributed by atoms with Crippen LogP contribution in [0.3, 0.4) is 0 Å². The highest BCUT2D eigenvalue weighted by Crippen LogP contribution is 2.23. The molecule has 6 nitrogen and oxygen atoms in total. The number of carbonyl (C=O) groups is 1. The number of likely N-dealkylation sites (tertiary alicyclic amines) is 1. The van der Waals surface area contributed by atoms with Gasteiger partial charge in [0.2, 0.25) is 10.0 Å². The minimum Gasteiger partial charge on any atom is -0.345 e. The van der Waals surface area contributed by atoms with Crippen LogP contribution in [0.2, 0.25) is 0 Å². The fourth-order valence-electron chi connectivity index (χ4n) is 3.35. The highest BCUT2D eigenvalue weighted by molar-refractivity contribution is 7.89. The molecule has 1 saturated heterocycles. The third kappa shape index (κ3) is 4.11. The molecule has 0 bridgehead atoms. The number of sulfonamides is 1. The molecule has 1 aromatic heterocycles. The average Bonchev–Trinajstić information content (AvgIpc) is 2.98. The molecule has 134 valence electrons. The van der Waals surface area contributed by atoms with Crippen LogP contribution in [0.25, 0.3) is 0 Å². The van der Waals surface area contributed by atoms with Gasteiger partial charge in [-0.1, -0.05) is 30.3 Å². The SMILES string of the molecule is Cn1cc(S(N)(=O)=O)cc1C(=O)N1CCC(Cc2ccccc2)CC1. The lowest BCUT2D eigenvalue weighted by molar-refractivity contribution is 0.0681. The molecule has 3 rings (SSSR count). The quantitative estimate of drug-likeness (QED) is 0.900. The molecule has 0 radical (unpaired) electrons. The first-order valence-corrected chi connectivity index (χ1v) is 9.91. The molecular formula is C18H23N3O3S. The fourth-order valence-corrected chi connectivity index (χ4v) is 3.93. The number of benzene rings is 1. The van der Waals surface area contributed by atoms with Gasteiger partial charge in [0.05, 0.1) is 0 Å². The van der Waals surface area contributed by atoms with E-state index in [1.807, 2.05) is 18.2 Å². The fraction of sp³-hybridized carbons (Fsp3) is 0.389. The van der Waals surface area contributed by atoms with Crippen LogP contribution in [0.15, 0.2) is 47.5 Å². The lowest BCUT2D eigenvalue weighted by atomic mass is 9.90. The summed E-state index contributed by atoms with van der Waals surface area (Å²) in [6.45, 7) is 1.37. The molecule has 7 heteroatoms. The number of piperidine rings is 1. The minimum absolute atomic E-state index is 0.0303. The number of hydrogen-bond donors (Lipinski definition) is 1. The van der Waals surface area contributed by atoms with Crippen molar-refractivity contribution in [3.8, 4) is 0 Å². The molecule has 0 atom stereocenters. The molecule has 2 aromatic rings.